The number of primary amides is 1. The van der Waals surface area contributed by atoms with Gasteiger partial charge in [-0.25, -0.2) is 0 Å². The van der Waals surface area contributed by atoms with E-state index in [4.69, 9.17) is 5.73 Å². The molecule has 0 aliphatic carbocycles. The van der Waals surface area contributed by atoms with Crippen molar-refractivity contribution >= 4 is 11.6 Å². The fourth-order valence-electron chi connectivity index (χ4n) is 0.975. The summed E-state index contributed by atoms with van der Waals surface area (Å²) in [7, 11) is 0. The van der Waals surface area contributed by atoms with Crippen molar-refractivity contribution in [2.24, 2.45) is 5.73 Å². The maximum Gasteiger partial charge on any atom is 0.288 e. The van der Waals surface area contributed by atoms with Crippen molar-refractivity contribution in [3.63, 3.8) is 0 Å². The number of aryl methyl sites for hydroxylation is 1. The van der Waals surface area contributed by atoms with Crippen molar-refractivity contribution in [2.75, 3.05) is 0 Å². The Morgan fingerprint density at radius 3 is 2.94 bits per heavy atom. The minimum Gasteiger partial charge on any atom is -0.369 e. The highest BCUT2D eigenvalue weighted by molar-refractivity contribution is 5.76. The van der Waals surface area contributed by atoms with Gasteiger partial charge in [0.25, 0.3) is 5.69 Å². The number of amides is 1. The third-order valence-electron chi connectivity index (χ3n) is 1.77. The van der Waals surface area contributed by atoms with Crippen LogP contribution in [0.1, 0.15) is 17.7 Å². The van der Waals surface area contributed by atoms with Gasteiger partial charge >= 0.3 is 0 Å². The van der Waals surface area contributed by atoms with E-state index in [0.717, 1.165) is 6.20 Å². The molecule has 0 aromatic carbocycles. The highest BCUT2D eigenvalue weighted by atomic mass is 16.6. The zero-order chi connectivity index (χ0) is 12.1. The average Bonchev–Trinajstić information content (AvgIpc) is 2.20. The molecule has 82 valence electrons. The molecular formula is C10H9N3O3. The summed E-state index contributed by atoms with van der Waals surface area (Å²) in [5.41, 5.74) is 5.78. The lowest BCUT2D eigenvalue weighted by Gasteiger charge is -1.96. The number of rotatable bonds is 2. The van der Waals surface area contributed by atoms with E-state index in [2.05, 4.69) is 16.8 Å². The third-order valence-corrected chi connectivity index (χ3v) is 1.77. The Hall–Kier alpha value is -2.42. The van der Waals surface area contributed by atoms with Crippen molar-refractivity contribution in [1.82, 2.24) is 4.98 Å². The maximum absolute atomic E-state index is 10.5. The fourth-order valence-corrected chi connectivity index (χ4v) is 0.975. The third kappa shape index (κ3) is 3.06. The lowest BCUT2D eigenvalue weighted by molar-refractivity contribution is -0.385. The molecule has 6 heteroatoms. The van der Waals surface area contributed by atoms with Gasteiger partial charge in [0.2, 0.25) is 5.91 Å². The highest BCUT2D eigenvalue weighted by Crippen LogP contribution is 2.13. The van der Waals surface area contributed by atoms with E-state index in [9.17, 15) is 14.9 Å². The van der Waals surface area contributed by atoms with Crippen molar-refractivity contribution in [3.05, 3.63) is 33.6 Å². The number of carbonyl (C=O) groups is 1. The van der Waals surface area contributed by atoms with E-state index >= 15 is 0 Å². The molecule has 0 atom stereocenters. The van der Waals surface area contributed by atoms with Crippen LogP contribution in [0, 0.1) is 28.9 Å². The first-order valence-corrected chi connectivity index (χ1v) is 4.39. The van der Waals surface area contributed by atoms with Gasteiger partial charge in [-0.05, 0) is 6.92 Å². The van der Waals surface area contributed by atoms with Crippen LogP contribution in [-0.2, 0) is 4.79 Å². The predicted octanol–water partition coefficient (Wildman–Crippen LogP) is 0.525. The van der Waals surface area contributed by atoms with Crippen LogP contribution in [0.25, 0.3) is 0 Å². The van der Waals surface area contributed by atoms with Crippen molar-refractivity contribution in [2.45, 2.75) is 13.3 Å². The van der Waals surface area contributed by atoms with Crippen molar-refractivity contribution in [1.29, 1.82) is 0 Å². The van der Waals surface area contributed by atoms with E-state index in [1.165, 1.54) is 6.07 Å². The maximum atomic E-state index is 10.5. The molecule has 0 aliphatic heterocycles. The van der Waals surface area contributed by atoms with Gasteiger partial charge in [-0.3, -0.25) is 19.9 Å². The van der Waals surface area contributed by atoms with Gasteiger partial charge in [-0.2, -0.15) is 0 Å². The smallest absolute Gasteiger partial charge is 0.288 e. The molecule has 1 aromatic heterocycles. The molecule has 0 fully saturated rings. The lowest BCUT2D eigenvalue weighted by atomic mass is 10.2. The first-order chi connectivity index (χ1) is 7.50. The molecule has 6 nitrogen and oxygen atoms in total. The molecule has 0 radical (unpaired) electrons. The van der Waals surface area contributed by atoms with Crippen LogP contribution in [0.3, 0.4) is 0 Å². The Balaban J connectivity index is 3.01. The molecule has 1 aromatic rings. The number of hydrogen-bond acceptors (Lipinski definition) is 4. The largest absolute Gasteiger partial charge is 0.369 e. The van der Waals surface area contributed by atoms with Crippen LogP contribution in [-0.4, -0.2) is 15.8 Å². The summed E-state index contributed by atoms with van der Waals surface area (Å²) < 4.78 is 0. The number of nitrogens with two attached hydrogens (primary N) is 1. The van der Waals surface area contributed by atoms with Crippen LogP contribution >= 0.6 is 0 Å². The van der Waals surface area contributed by atoms with E-state index in [0.29, 0.717) is 11.3 Å². The summed E-state index contributed by atoms with van der Waals surface area (Å²) >= 11 is 0. The van der Waals surface area contributed by atoms with Crippen LogP contribution < -0.4 is 5.73 Å². The standard InChI is InChI=1S/C10H9N3O3/c1-7-8(3-2-4-10(11)14)5-9(6-12-7)13(15)16/h5-6H,4H2,1H3,(H2,11,14). The summed E-state index contributed by atoms with van der Waals surface area (Å²) in [6, 6.07) is 1.32. The minimum absolute atomic E-state index is 0.0812. The molecule has 1 rings (SSSR count). The first kappa shape index (κ1) is 11.7. The van der Waals surface area contributed by atoms with Gasteiger partial charge in [0, 0.05) is 6.07 Å². The minimum atomic E-state index is -0.550. The van der Waals surface area contributed by atoms with Gasteiger partial charge in [0.1, 0.15) is 6.20 Å². The number of nitro groups is 1. The lowest BCUT2D eigenvalue weighted by Crippen LogP contribution is -2.08. The number of carbonyl (C=O) groups excluding carboxylic acids is 1. The van der Waals surface area contributed by atoms with E-state index in [1.807, 2.05) is 0 Å². The Morgan fingerprint density at radius 1 is 1.69 bits per heavy atom. The van der Waals surface area contributed by atoms with Crippen LogP contribution in [0.5, 0.6) is 0 Å². The van der Waals surface area contributed by atoms with E-state index < -0.39 is 10.8 Å². The van der Waals surface area contributed by atoms with Crippen molar-refractivity contribution in [3.8, 4) is 11.8 Å². The average molecular weight is 219 g/mol. The zero-order valence-corrected chi connectivity index (χ0v) is 8.56. The number of nitrogens with zero attached hydrogens (tertiary/aromatic N) is 2. The number of pyridine rings is 1. The normalized spacial score (nSPS) is 9.06. The Kier molecular flexibility index (Phi) is 3.56. The Morgan fingerprint density at radius 2 is 2.38 bits per heavy atom. The molecule has 0 unspecified atom stereocenters. The molecule has 2 N–H and O–H groups in total. The number of aromatic nitrogens is 1. The summed E-state index contributed by atoms with van der Waals surface area (Å²) in [5.74, 6) is 4.60. The molecular weight excluding hydrogens is 210 g/mol. The van der Waals surface area contributed by atoms with E-state index in [1.54, 1.807) is 6.92 Å². The van der Waals surface area contributed by atoms with Gasteiger partial charge in [0.15, 0.2) is 0 Å². The summed E-state index contributed by atoms with van der Waals surface area (Å²) in [4.78, 5) is 24.2. The van der Waals surface area contributed by atoms with Gasteiger partial charge in [-0.1, -0.05) is 11.8 Å². The van der Waals surface area contributed by atoms with Gasteiger partial charge < -0.3 is 5.73 Å². The quantitative estimate of drug-likeness (QED) is 0.445. The van der Waals surface area contributed by atoms with Gasteiger partial charge in [0.05, 0.1) is 22.6 Å². The molecule has 1 amide bonds. The molecule has 0 saturated heterocycles. The molecule has 0 bridgehead atoms. The van der Waals surface area contributed by atoms with Crippen LogP contribution in [0.15, 0.2) is 12.3 Å². The highest BCUT2D eigenvalue weighted by Gasteiger charge is 2.08. The molecule has 0 saturated carbocycles. The Labute approximate surface area is 91.6 Å². The predicted molar refractivity (Wildman–Crippen MR) is 56.3 cm³/mol. The molecule has 1 heterocycles. The SMILES string of the molecule is Cc1ncc([N+](=O)[O-])cc1C#CCC(N)=O. The van der Waals surface area contributed by atoms with Gasteiger partial charge in [-0.15, -0.1) is 0 Å². The second kappa shape index (κ2) is 4.89. The molecule has 0 aliphatic rings. The molecule has 0 spiro atoms. The topological polar surface area (TPSA) is 99.1 Å². The molecule has 16 heavy (non-hydrogen) atoms. The van der Waals surface area contributed by atoms with Crippen molar-refractivity contribution < 1.29 is 9.72 Å². The number of hydrogen-bond donors (Lipinski definition) is 1. The second-order valence-corrected chi connectivity index (χ2v) is 3.03. The Bertz CT molecular complexity index is 500. The van der Waals surface area contributed by atoms with E-state index in [-0.39, 0.29) is 12.1 Å². The zero-order valence-electron chi connectivity index (χ0n) is 8.56. The summed E-state index contributed by atoms with van der Waals surface area (Å²) in [5, 5.41) is 10.5. The van der Waals surface area contributed by atoms with Crippen LogP contribution in [0.4, 0.5) is 5.69 Å². The fraction of sp³-hybridized carbons (Fsp3) is 0.200. The first-order valence-electron chi connectivity index (χ1n) is 4.39. The summed E-state index contributed by atoms with van der Waals surface area (Å²) in [6.07, 6.45) is 1.08. The van der Waals surface area contributed by atoms with Crippen LogP contribution in [0.2, 0.25) is 0 Å². The monoisotopic (exact) mass is 219 g/mol. The summed E-state index contributed by atoms with van der Waals surface area (Å²) in [6.45, 7) is 1.68. The second-order valence-electron chi connectivity index (χ2n) is 3.03.